The number of carbonyl (C=O) groups excluding carboxylic acids is 1. The first kappa shape index (κ1) is 13.6. The normalized spacial score (nSPS) is 13.1. The first-order chi connectivity index (χ1) is 10.2. The van der Waals surface area contributed by atoms with E-state index in [1.807, 2.05) is 35.2 Å². The fourth-order valence-electron chi connectivity index (χ4n) is 2.17. The van der Waals surface area contributed by atoms with Crippen molar-refractivity contribution >= 4 is 45.6 Å². The highest BCUT2D eigenvalue weighted by atomic mass is 127. The van der Waals surface area contributed by atoms with Gasteiger partial charge in [-0.3, -0.25) is 4.79 Å². The summed E-state index contributed by atoms with van der Waals surface area (Å²) in [5.74, 6) is -0.169. The quantitative estimate of drug-likeness (QED) is 0.759. The summed E-state index contributed by atoms with van der Waals surface area (Å²) in [6, 6.07) is 15.3. The third-order valence-corrected chi connectivity index (χ3v) is 3.78. The van der Waals surface area contributed by atoms with E-state index in [9.17, 15) is 4.79 Å². The fraction of sp³-hybridized carbons (Fsp3) is 0. The number of halogens is 1. The van der Waals surface area contributed by atoms with Crippen molar-refractivity contribution in [3.63, 3.8) is 0 Å². The summed E-state index contributed by atoms with van der Waals surface area (Å²) >= 11 is 2.21. The topological polar surface area (TPSA) is 56.1 Å². The Kier molecular flexibility index (Phi) is 3.62. The van der Waals surface area contributed by atoms with Crippen LogP contribution in [0.4, 0.5) is 17.1 Å². The van der Waals surface area contributed by atoms with Gasteiger partial charge >= 0.3 is 0 Å². The summed E-state index contributed by atoms with van der Waals surface area (Å²) in [5.41, 5.74) is 3.03. The number of rotatable bonds is 1. The highest BCUT2D eigenvalue weighted by Crippen LogP contribution is 2.35. The Balaban J connectivity index is 2.16. The molecule has 1 aliphatic rings. The van der Waals surface area contributed by atoms with Gasteiger partial charge in [0.1, 0.15) is 0 Å². The van der Waals surface area contributed by atoms with Crippen molar-refractivity contribution in [2.45, 2.75) is 0 Å². The molecule has 2 aromatic carbocycles. The van der Waals surface area contributed by atoms with Gasteiger partial charge in [0.2, 0.25) is 5.91 Å². The Morgan fingerprint density at radius 1 is 1.19 bits per heavy atom. The molecule has 1 N–H and O–H groups in total. The molecule has 1 aliphatic heterocycles. The Morgan fingerprint density at radius 3 is 2.86 bits per heavy atom. The van der Waals surface area contributed by atoms with Crippen LogP contribution in [0, 0.1) is 14.9 Å². The van der Waals surface area contributed by atoms with Gasteiger partial charge in [-0.15, -0.1) is 0 Å². The van der Waals surface area contributed by atoms with Crippen LogP contribution in [-0.4, -0.2) is 5.91 Å². The molecule has 102 valence electrons. The molecule has 1 amide bonds. The van der Waals surface area contributed by atoms with Crippen molar-refractivity contribution in [1.29, 1.82) is 5.26 Å². The maximum atomic E-state index is 11.8. The highest BCUT2D eigenvalue weighted by Gasteiger charge is 2.17. The molecule has 0 bridgehead atoms. The number of hydrogen-bond acceptors (Lipinski definition) is 3. The zero-order valence-electron chi connectivity index (χ0n) is 10.9. The number of carbonyl (C=O) groups is 1. The number of nitrogens with one attached hydrogen (secondary N) is 1. The Hall–Kier alpha value is -2.33. The SMILES string of the molecule is N#Cc1cccc(N2C=CC(=O)Nc3cc(I)ccc32)c1. The first-order valence-corrected chi connectivity index (χ1v) is 7.33. The van der Waals surface area contributed by atoms with Gasteiger partial charge in [0.25, 0.3) is 0 Å². The van der Waals surface area contributed by atoms with Gasteiger partial charge in [-0.05, 0) is 59.0 Å². The van der Waals surface area contributed by atoms with E-state index in [4.69, 9.17) is 5.26 Å². The summed E-state index contributed by atoms with van der Waals surface area (Å²) in [6.45, 7) is 0. The monoisotopic (exact) mass is 387 g/mol. The smallest absolute Gasteiger partial charge is 0.249 e. The van der Waals surface area contributed by atoms with E-state index in [0.717, 1.165) is 20.6 Å². The van der Waals surface area contributed by atoms with E-state index in [1.54, 1.807) is 18.3 Å². The van der Waals surface area contributed by atoms with Crippen molar-refractivity contribution in [2.24, 2.45) is 0 Å². The predicted molar refractivity (Wildman–Crippen MR) is 90.2 cm³/mol. The van der Waals surface area contributed by atoms with E-state index >= 15 is 0 Å². The summed E-state index contributed by atoms with van der Waals surface area (Å²) in [4.78, 5) is 13.7. The molecule has 5 heteroatoms. The van der Waals surface area contributed by atoms with Crippen molar-refractivity contribution in [3.8, 4) is 6.07 Å². The molecule has 0 saturated carbocycles. The van der Waals surface area contributed by atoms with E-state index < -0.39 is 0 Å². The lowest BCUT2D eigenvalue weighted by atomic mass is 10.2. The van der Waals surface area contributed by atoms with E-state index in [1.165, 1.54) is 6.08 Å². The van der Waals surface area contributed by atoms with Crippen LogP contribution in [0.2, 0.25) is 0 Å². The van der Waals surface area contributed by atoms with Crippen molar-refractivity contribution in [3.05, 3.63) is 63.9 Å². The molecule has 0 atom stereocenters. The Labute approximate surface area is 135 Å². The summed E-state index contributed by atoms with van der Waals surface area (Å²) in [5, 5.41) is 11.9. The summed E-state index contributed by atoms with van der Waals surface area (Å²) in [7, 11) is 0. The van der Waals surface area contributed by atoms with Crippen LogP contribution in [-0.2, 0) is 4.79 Å². The minimum Gasteiger partial charge on any atom is -0.321 e. The second kappa shape index (κ2) is 5.58. The molecule has 3 rings (SSSR count). The molecule has 0 spiro atoms. The van der Waals surface area contributed by atoms with Gasteiger partial charge in [0.05, 0.1) is 23.0 Å². The molecular formula is C16H10IN3O. The van der Waals surface area contributed by atoms with Gasteiger partial charge in [-0.25, -0.2) is 0 Å². The molecule has 0 aliphatic carbocycles. The molecule has 0 aromatic heterocycles. The molecular weight excluding hydrogens is 377 g/mol. The van der Waals surface area contributed by atoms with Gasteiger partial charge in [0, 0.05) is 21.5 Å². The van der Waals surface area contributed by atoms with Gasteiger partial charge < -0.3 is 10.2 Å². The van der Waals surface area contributed by atoms with Crippen molar-refractivity contribution in [2.75, 3.05) is 10.2 Å². The average molecular weight is 387 g/mol. The number of anilines is 3. The molecule has 0 unspecified atom stereocenters. The standard InChI is InChI=1S/C16H10IN3O/c17-12-4-5-15-14(9-12)19-16(21)6-7-20(15)13-3-1-2-11(8-13)10-18/h1-9H,(H,19,21). The molecule has 0 radical (unpaired) electrons. The first-order valence-electron chi connectivity index (χ1n) is 6.25. The lowest BCUT2D eigenvalue weighted by molar-refractivity contribution is -0.111. The van der Waals surface area contributed by atoms with E-state index in [0.29, 0.717) is 5.56 Å². The second-order valence-corrected chi connectivity index (χ2v) is 5.74. The maximum absolute atomic E-state index is 11.8. The molecule has 21 heavy (non-hydrogen) atoms. The number of hydrogen-bond donors (Lipinski definition) is 1. The van der Waals surface area contributed by atoms with Gasteiger partial charge in [-0.1, -0.05) is 6.07 Å². The minimum absolute atomic E-state index is 0.169. The van der Waals surface area contributed by atoms with Crippen molar-refractivity contribution in [1.82, 2.24) is 0 Å². The van der Waals surface area contributed by atoms with Crippen molar-refractivity contribution < 1.29 is 4.79 Å². The zero-order chi connectivity index (χ0) is 14.8. The van der Waals surface area contributed by atoms with Crippen LogP contribution in [0.3, 0.4) is 0 Å². The number of amides is 1. The number of nitrogens with zero attached hydrogens (tertiary/aromatic N) is 2. The lowest BCUT2D eigenvalue weighted by Crippen LogP contribution is -2.09. The van der Waals surface area contributed by atoms with Crippen LogP contribution in [0.15, 0.2) is 54.7 Å². The largest absolute Gasteiger partial charge is 0.321 e. The summed E-state index contributed by atoms with van der Waals surface area (Å²) in [6.07, 6.45) is 3.19. The van der Waals surface area contributed by atoms with Crippen LogP contribution in [0.1, 0.15) is 5.56 Å². The van der Waals surface area contributed by atoms with Crippen LogP contribution >= 0.6 is 22.6 Å². The molecule has 4 nitrogen and oxygen atoms in total. The van der Waals surface area contributed by atoms with Gasteiger partial charge in [0.15, 0.2) is 0 Å². The number of fused-ring (bicyclic) bond motifs is 1. The van der Waals surface area contributed by atoms with Crippen LogP contribution < -0.4 is 10.2 Å². The number of nitriles is 1. The zero-order valence-corrected chi connectivity index (χ0v) is 13.0. The molecule has 0 fully saturated rings. The molecule has 2 aromatic rings. The fourth-order valence-corrected chi connectivity index (χ4v) is 2.66. The van der Waals surface area contributed by atoms with E-state index in [-0.39, 0.29) is 5.91 Å². The average Bonchev–Trinajstić information content (AvgIpc) is 2.65. The van der Waals surface area contributed by atoms with Gasteiger partial charge in [-0.2, -0.15) is 5.26 Å². The summed E-state index contributed by atoms with van der Waals surface area (Å²) < 4.78 is 1.04. The van der Waals surface area contributed by atoms with Crippen LogP contribution in [0.25, 0.3) is 0 Å². The maximum Gasteiger partial charge on any atom is 0.249 e. The number of benzene rings is 2. The Morgan fingerprint density at radius 2 is 2.05 bits per heavy atom. The van der Waals surface area contributed by atoms with E-state index in [2.05, 4.69) is 34.0 Å². The molecule has 1 heterocycles. The third kappa shape index (κ3) is 2.76. The highest BCUT2D eigenvalue weighted by molar-refractivity contribution is 14.1. The third-order valence-electron chi connectivity index (χ3n) is 3.10. The molecule has 0 saturated heterocycles. The predicted octanol–water partition coefficient (Wildman–Crippen LogP) is 3.77. The lowest BCUT2D eigenvalue weighted by Gasteiger charge is -2.22. The van der Waals surface area contributed by atoms with Crippen LogP contribution in [0.5, 0.6) is 0 Å². The second-order valence-electron chi connectivity index (χ2n) is 4.50. The minimum atomic E-state index is -0.169. The Bertz CT molecular complexity index is 792.